The Morgan fingerprint density at radius 2 is 1.85 bits per heavy atom. The number of benzene rings is 2. The summed E-state index contributed by atoms with van der Waals surface area (Å²) in [5, 5.41) is 5.68. The fraction of sp³-hybridized carbons (Fsp3) is 0.143. The van der Waals surface area contributed by atoms with Crippen LogP contribution in [0.1, 0.15) is 12.5 Å². The molecule has 130 valence electrons. The molecule has 0 saturated carbocycles. The zero-order valence-corrected chi connectivity index (χ0v) is 15.3. The number of aromatic nitrogens is 3. The molecule has 4 aromatic rings. The maximum absolute atomic E-state index is 5.51. The predicted octanol–water partition coefficient (Wildman–Crippen LogP) is 5.09. The SMILES string of the molecule is CCOc1ccc(-c2cc3c(SCc4ccccc4)nccn3n2)cc1. The molecule has 0 spiro atoms. The average molecular weight is 361 g/mol. The quantitative estimate of drug-likeness (QED) is 0.449. The monoisotopic (exact) mass is 361 g/mol. The lowest BCUT2D eigenvalue weighted by Crippen LogP contribution is -1.92. The molecule has 0 saturated heterocycles. The number of nitrogens with zero attached hydrogens (tertiary/aromatic N) is 3. The lowest BCUT2D eigenvalue weighted by molar-refractivity contribution is 0.340. The van der Waals surface area contributed by atoms with Gasteiger partial charge in [0.25, 0.3) is 0 Å². The average Bonchev–Trinajstić information content (AvgIpc) is 3.13. The van der Waals surface area contributed by atoms with Gasteiger partial charge in [-0.3, -0.25) is 0 Å². The van der Waals surface area contributed by atoms with Gasteiger partial charge in [0.15, 0.2) is 0 Å². The van der Waals surface area contributed by atoms with E-state index in [0.717, 1.165) is 33.3 Å². The van der Waals surface area contributed by atoms with Gasteiger partial charge in [-0.05, 0) is 42.8 Å². The minimum atomic E-state index is 0.668. The predicted molar refractivity (Wildman–Crippen MR) is 106 cm³/mol. The van der Waals surface area contributed by atoms with Crippen molar-refractivity contribution in [3.63, 3.8) is 0 Å². The summed E-state index contributed by atoms with van der Waals surface area (Å²) in [6, 6.07) is 20.6. The molecule has 0 atom stereocenters. The van der Waals surface area contributed by atoms with Crippen LogP contribution in [0.5, 0.6) is 5.75 Å². The van der Waals surface area contributed by atoms with E-state index in [9.17, 15) is 0 Å². The Morgan fingerprint density at radius 1 is 1.04 bits per heavy atom. The van der Waals surface area contributed by atoms with Crippen molar-refractivity contribution in [2.75, 3.05) is 6.61 Å². The maximum atomic E-state index is 5.51. The van der Waals surface area contributed by atoms with Crippen LogP contribution in [0.2, 0.25) is 0 Å². The highest BCUT2D eigenvalue weighted by molar-refractivity contribution is 7.98. The molecule has 0 aliphatic heterocycles. The molecule has 0 N–H and O–H groups in total. The molecule has 0 radical (unpaired) electrons. The number of ether oxygens (including phenoxy) is 1. The van der Waals surface area contributed by atoms with E-state index < -0.39 is 0 Å². The molecule has 0 amide bonds. The summed E-state index contributed by atoms with van der Waals surface area (Å²) in [6.45, 7) is 2.65. The van der Waals surface area contributed by atoms with Crippen molar-refractivity contribution >= 4 is 17.3 Å². The van der Waals surface area contributed by atoms with Crippen LogP contribution in [0, 0.1) is 0 Å². The van der Waals surface area contributed by atoms with E-state index in [0.29, 0.717) is 6.61 Å². The van der Waals surface area contributed by atoms with Crippen LogP contribution in [0.25, 0.3) is 16.8 Å². The van der Waals surface area contributed by atoms with E-state index in [-0.39, 0.29) is 0 Å². The van der Waals surface area contributed by atoms with Crippen LogP contribution in [0.15, 0.2) is 78.1 Å². The van der Waals surface area contributed by atoms with Crippen molar-refractivity contribution in [1.82, 2.24) is 14.6 Å². The van der Waals surface area contributed by atoms with Gasteiger partial charge < -0.3 is 4.74 Å². The number of fused-ring (bicyclic) bond motifs is 1. The van der Waals surface area contributed by atoms with Gasteiger partial charge in [0.2, 0.25) is 0 Å². The number of hydrogen-bond acceptors (Lipinski definition) is 4. The molecular weight excluding hydrogens is 342 g/mol. The Kier molecular flexibility index (Phi) is 4.88. The third-order valence-corrected chi connectivity index (χ3v) is 5.10. The minimum Gasteiger partial charge on any atom is -0.494 e. The Bertz CT molecular complexity index is 997. The van der Waals surface area contributed by atoms with Crippen molar-refractivity contribution in [1.29, 1.82) is 0 Å². The fourth-order valence-electron chi connectivity index (χ4n) is 2.76. The summed E-state index contributed by atoms with van der Waals surface area (Å²) < 4.78 is 7.40. The Balaban J connectivity index is 1.60. The minimum absolute atomic E-state index is 0.668. The molecule has 2 heterocycles. The van der Waals surface area contributed by atoms with E-state index in [1.807, 2.05) is 48.0 Å². The smallest absolute Gasteiger partial charge is 0.122 e. The van der Waals surface area contributed by atoms with Crippen molar-refractivity contribution < 1.29 is 4.74 Å². The molecule has 0 unspecified atom stereocenters. The summed E-state index contributed by atoms with van der Waals surface area (Å²) in [6.07, 6.45) is 3.69. The van der Waals surface area contributed by atoms with E-state index in [4.69, 9.17) is 9.84 Å². The number of hydrogen-bond donors (Lipinski definition) is 0. The Morgan fingerprint density at radius 3 is 2.62 bits per heavy atom. The molecule has 0 aliphatic rings. The summed E-state index contributed by atoms with van der Waals surface area (Å²) >= 11 is 1.73. The second-order valence-electron chi connectivity index (χ2n) is 5.82. The summed E-state index contributed by atoms with van der Waals surface area (Å²) in [4.78, 5) is 4.55. The standard InChI is InChI=1S/C21H19N3OS/c1-2-25-18-10-8-17(9-11-18)19-14-20-21(22-12-13-24(20)23-19)26-15-16-6-4-3-5-7-16/h3-14H,2,15H2,1H3. The Hall–Kier alpha value is -2.79. The lowest BCUT2D eigenvalue weighted by atomic mass is 10.1. The highest BCUT2D eigenvalue weighted by atomic mass is 32.2. The first kappa shape index (κ1) is 16.7. The molecule has 0 fully saturated rings. The largest absolute Gasteiger partial charge is 0.494 e. The summed E-state index contributed by atoms with van der Waals surface area (Å²) in [7, 11) is 0. The van der Waals surface area contributed by atoms with Crippen molar-refractivity contribution in [2.24, 2.45) is 0 Å². The third kappa shape index (κ3) is 3.58. The van der Waals surface area contributed by atoms with E-state index in [1.165, 1.54) is 5.56 Å². The van der Waals surface area contributed by atoms with Crippen molar-refractivity contribution in [3.8, 4) is 17.0 Å². The number of rotatable bonds is 6. The summed E-state index contributed by atoms with van der Waals surface area (Å²) in [5.74, 6) is 1.76. The van der Waals surface area contributed by atoms with Gasteiger partial charge in [-0.15, -0.1) is 0 Å². The van der Waals surface area contributed by atoms with E-state index in [1.54, 1.807) is 18.0 Å². The van der Waals surface area contributed by atoms with Crippen LogP contribution >= 0.6 is 11.8 Å². The first-order valence-electron chi connectivity index (χ1n) is 8.58. The van der Waals surface area contributed by atoms with Gasteiger partial charge in [0, 0.05) is 23.7 Å². The third-order valence-electron chi connectivity index (χ3n) is 4.03. The topological polar surface area (TPSA) is 39.4 Å². The van der Waals surface area contributed by atoms with Gasteiger partial charge in [-0.2, -0.15) is 5.10 Å². The molecular formula is C21H19N3OS. The normalized spacial score (nSPS) is 11.0. The zero-order valence-electron chi connectivity index (χ0n) is 14.5. The Labute approximate surface area is 156 Å². The maximum Gasteiger partial charge on any atom is 0.122 e. The molecule has 26 heavy (non-hydrogen) atoms. The van der Waals surface area contributed by atoms with Crippen LogP contribution in [-0.4, -0.2) is 21.2 Å². The second kappa shape index (κ2) is 7.62. The first-order chi connectivity index (χ1) is 12.8. The van der Waals surface area contributed by atoms with Crippen molar-refractivity contribution in [2.45, 2.75) is 17.7 Å². The fourth-order valence-corrected chi connectivity index (χ4v) is 3.70. The van der Waals surface area contributed by atoms with Crippen LogP contribution in [0.3, 0.4) is 0 Å². The number of thioether (sulfide) groups is 1. The van der Waals surface area contributed by atoms with Gasteiger partial charge in [0.05, 0.1) is 17.8 Å². The van der Waals surface area contributed by atoms with E-state index >= 15 is 0 Å². The van der Waals surface area contributed by atoms with Gasteiger partial charge >= 0.3 is 0 Å². The first-order valence-corrected chi connectivity index (χ1v) is 9.56. The highest BCUT2D eigenvalue weighted by Crippen LogP contribution is 2.28. The second-order valence-corrected chi connectivity index (χ2v) is 6.79. The van der Waals surface area contributed by atoms with Gasteiger partial charge in [-0.1, -0.05) is 42.1 Å². The molecule has 0 aliphatic carbocycles. The van der Waals surface area contributed by atoms with Crippen LogP contribution in [0.4, 0.5) is 0 Å². The highest BCUT2D eigenvalue weighted by Gasteiger charge is 2.10. The lowest BCUT2D eigenvalue weighted by Gasteiger charge is -2.02. The van der Waals surface area contributed by atoms with Crippen molar-refractivity contribution in [3.05, 3.63) is 78.6 Å². The summed E-state index contributed by atoms with van der Waals surface area (Å²) in [5.41, 5.74) is 4.31. The zero-order chi connectivity index (χ0) is 17.8. The van der Waals surface area contributed by atoms with E-state index in [2.05, 4.69) is 35.3 Å². The van der Waals surface area contributed by atoms with Crippen LogP contribution < -0.4 is 4.74 Å². The molecule has 4 rings (SSSR count). The van der Waals surface area contributed by atoms with Gasteiger partial charge in [0.1, 0.15) is 10.8 Å². The molecule has 2 aromatic heterocycles. The molecule has 4 nitrogen and oxygen atoms in total. The van der Waals surface area contributed by atoms with Gasteiger partial charge in [-0.25, -0.2) is 9.50 Å². The molecule has 5 heteroatoms. The molecule has 0 bridgehead atoms. The molecule has 2 aromatic carbocycles. The van der Waals surface area contributed by atoms with Crippen LogP contribution in [-0.2, 0) is 5.75 Å².